The fourth-order valence-electron chi connectivity index (χ4n) is 0.865. The normalized spacial score (nSPS) is 15.9. The van der Waals surface area contributed by atoms with Gasteiger partial charge in [0.15, 0.2) is 0 Å². The molecule has 86 valence electrons. The van der Waals surface area contributed by atoms with Crippen LogP contribution in [0.2, 0.25) is 0 Å². The van der Waals surface area contributed by atoms with E-state index in [1.54, 1.807) is 7.05 Å². The minimum Gasteiger partial charge on any atom is -0.229 e. The summed E-state index contributed by atoms with van der Waals surface area (Å²) in [6.45, 7) is 6.38. The summed E-state index contributed by atoms with van der Waals surface area (Å²) in [5.74, 6) is 0. The summed E-state index contributed by atoms with van der Waals surface area (Å²) in [6, 6.07) is -0.0797. The summed E-state index contributed by atoms with van der Waals surface area (Å²) in [6.07, 6.45) is 1.18. The highest BCUT2D eigenvalue weighted by Crippen LogP contribution is 2.20. The molecule has 0 aliphatic rings. The molecule has 1 N–H and O–H groups in total. The van der Waals surface area contributed by atoms with Crippen LogP contribution >= 0.6 is 11.8 Å². The van der Waals surface area contributed by atoms with Crippen LogP contribution in [0.25, 0.3) is 0 Å². The maximum atomic E-state index is 11.2. The predicted molar refractivity (Wildman–Crippen MR) is 59.7 cm³/mol. The van der Waals surface area contributed by atoms with Crippen molar-refractivity contribution in [2.75, 3.05) is 19.8 Å². The van der Waals surface area contributed by atoms with E-state index < -0.39 is 10.0 Å². The van der Waals surface area contributed by atoms with Crippen LogP contribution in [-0.2, 0) is 10.0 Å². The predicted octanol–water partition coefficient (Wildman–Crippen LogP) is 1.04. The smallest absolute Gasteiger partial charge is 0.211 e. The Morgan fingerprint density at radius 3 is 2.07 bits per heavy atom. The van der Waals surface area contributed by atoms with Crippen molar-refractivity contribution in [3.05, 3.63) is 0 Å². The minimum absolute atomic E-state index is 0.0797. The molecule has 0 bridgehead atoms. The molecule has 0 saturated heterocycles. The first-order valence-electron chi connectivity index (χ1n) is 4.36. The lowest BCUT2D eigenvalue weighted by Gasteiger charge is -2.31. The highest BCUT2D eigenvalue weighted by atomic mass is 35.5. The van der Waals surface area contributed by atoms with E-state index in [1.165, 1.54) is 10.6 Å². The molecule has 0 rings (SSSR count). The van der Waals surface area contributed by atoms with Gasteiger partial charge >= 0.3 is 0 Å². The number of rotatable bonds is 4. The molecule has 14 heavy (non-hydrogen) atoms. The van der Waals surface area contributed by atoms with Crippen molar-refractivity contribution in [3.8, 4) is 0 Å². The van der Waals surface area contributed by atoms with E-state index >= 15 is 0 Å². The summed E-state index contributed by atoms with van der Waals surface area (Å²) in [4.78, 5) is 2.61. The highest BCUT2D eigenvalue weighted by Gasteiger charge is 2.27. The third kappa shape index (κ3) is 4.59. The molecule has 0 radical (unpaired) electrons. The first-order valence-corrected chi connectivity index (χ1v) is 6.59. The van der Waals surface area contributed by atoms with E-state index in [2.05, 4.69) is 4.84 Å². The number of nitrogens with one attached hydrogen (secondary N) is 1. The van der Waals surface area contributed by atoms with Crippen LogP contribution < -0.4 is 4.84 Å². The summed E-state index contributed by atoms with van der Waals surface area (Å²) in [5, 5.41) is 0. The molecule has 0 unspecified atom stereocenters. The number of hydrogen-bond donors (Lipinski definition) is 1. The first kappa shape index (κ1) is 14.2. The van der Waals surface area contributed by atoms with Crippen molar-refractivity contribution < 1.29 is 8.42 Å². The van der Waals surface area contributed by atoms with Gasteiger partial charge in [-0.15, -0.1) is 0 Å². The second-order valence-electron chi connectivity index (χ2n) is 4.57. The first-order chi connectivity index (χ1) is 6.09. The summed E-state index contributed by atoms with van der Waals surface area (Å²) in [7, 11) is -1.59. The lowest BCUT2D eigenvalue weighted by molar-refractivity contribution is 0.264. The fraction of sp³-hybridized carbons (Fsp3) is 1.00. The zero-order valence-electron chi connectivity index (χ0n) is 9.33. The van der Waals surface area contributed by atoms with Crippen LogP contribution in [0, 0.1) is 5.41 Å². The van der Waals surface area contributed by atoms with E-state index in [-0.39, 0.29) is 11.5 Å². The molecule has 4 nitrogen and oxygen atoms in total. The third-order valence-corrected chi connectivity index (χ3v) is 3.73. The van der Waals surface area contributed by atoms with Gasteiger partial charge in [-0.25, -0.2) is 17.6 Å². The molecule has 0 aromatic rings. The highest BCUT2D eigenvalue weighted by molar-refractivity contribution is 7.88. The van der Waals surface area contributed by atoms with Crippen LogP contribution in [0.4, 0.5) is 0 Å². The van der Waals surface area contributed by atoms with Crippen LogP contribution in [0.3, 0.4) is 0 Å². The van der Waals surface area contributed by atoms with Crippen LogP contribution in [0.5, 0.6) is 0 Å². The van der Waals surface area contributed by atoms with Gasteiger partial charge in [-0.1, -0.05) is 20.8 Å². The minimum atomic E-state index is -3.13. The van der Waals surface area contributed by atoms with Gasteiger partial charge < -0.3 is 0 Å². The lowest BCUT2D eigenvalue weighted by Crippen LogP contribution is -2.45. The van der Waals surface area contributed by atoms with Crippen LogP contribution in [0.15, 0.2) is 0 Å². The van der Waals surface area contributed by atoms with Gasteiger partial charge in [0.25, 0.3) is 0 Å². The van der Waals surface area contributed by atoms with Crippen molar-refractivity contribution >= 4 is 21.8 Å². The molecule has 0 aliphatic heterocycles. The average Bonchev–Trinajstić information content (AvgIpc) is 1.95. The number of sulfonamides is 1. The van der Waals surface area contributed by atoms with Gasteiger partial charge in [-0.05, 0) is 17.2 Å². The molecule has 0 fully saturated rings. The standard InChI is InChI=1S/C8H19ClN2O2S/c1-8(2,3)7(10-9)6-11(4)14(5,12)13/h7,10H,6H2,1-5H3/t7-/m1/s1. The van der Waals surface area contributed by atoms with Crippen molar-refractivity contribution in [2.24, 2.45) is 5.41 Å². The van der Waals surface area contributed by atoms with Crippen molar-refractivity contribution in [1.82, 2.24) is 9.14 Å². The lowest BCUT2D eigenvalue weighted by atomic mass is 9.87. The Hall–Kier alpha value is 0.160. The van der Waals surface area contributed by atoms with Crippen LogP contribution in [-0.4, -0.2) is 38.6 Å². The van der Waals surface area contributed by atoms with Crippen molar-refractivity contribution in [3.63, 3.8) is 0 Å². The van der Waals surface area contributed by atoms with E-state index in [0.29, 0.717) is 6.54 Å². The molecule has 0 amide bonds. The SMILES string of the molecule is CN(C[C@@H](NCl)C(C)(C)C)S(C)(=O)=O. The fourth-order valence-corrected chi connectivity index (χ4v) is 1.68. The van der Waals surface area contributed by atoms with E-state index in [0.717, 1.165) is 0 Å². The molecular formula is C8H19ClN2O2S. The van der Waals surface area contributed by atoms with Crippen LogP contribution in [0.1, 0.15) is 20.8 Å². The molecule has 0 aromatic heterocycles. The summed E-state index contributed by atoms with van der Waals surface area (Å²) in [5.41, 5.74) is -0.0826. The molecule has 0 heterocycles. The second kappa shape index (κ2) is 4.79. The van der Waals surface area contributed by atoms with Gasteiger partial charge in [0, 0.05) is 19.6 Å². The Balaban J connectivity index is 4.50. The Kier molecular flexibility index (Phi) is 4.84. The third-order valence-electron chi connectivity index (χ3n) is 2.18. The quantitative estimate of drug-likeness (QED) is 0.750. The molecule has 6 heteroatoms. The summed E-state index contributed by atoms with van der Waals surface area (Å²) >= 11 is 5.57. The van der Waals surface area contributed by atoms with Crippen molar-refractivity contribution in [1.29, 1.82) is 0 Å². The molecule has 1 atom stereocenters. The Morgan fingerprint density at radius 2 is 1.86 bits per heavy atom. The Labute approximate surface area is 91.8 Å². The molecule has 0 spiro atoms. The number of likely N-dealkylation sites (N-methyl/N-ethyl adjacent to an activating group) is 1. The molecule has 0 aromatic carbocycles. The maximum absolute atomic E-state index is 11.2. The zero-order chi connectivity index (χ0) is 11.6. The number of hydrogen-bond acceptors (Lipinski definition) is 3. The molecule has 0 saturated carbocycles. The van der Waals surface area contributed by atoms with Gasteiger partial charge in [-0.3, -0.25) is 0 Å². The maximum Gasteiger partial charge on any atom is 0.211 e. The van der Waals surface area contributed by atoms with Gasteiger partial charge in [-0.2, -0.15) is 0 Å². The monoisotopic (exact) mass is 242 g/mol. The van der Waals surface area contributed by atoms with Gasteiger partial charge in [0.2, 0.25) is 10.0 Å². The number of nitrogens with zero attached hydrogens (tertiary/aromatic N) is 1. The van der Waals surface area contributed by atoms with Gasteiger partial charge in [0.1, 0.15) is 0 Å². The van der Waals surface area contributed by atoms with Crippen molar-refractivity contribution in [2.45, 2.75) is 26.8 Å². The van der Waals surface area contributed by atoms with Gasteiger partial charge in [0.05, 0.1) is 6.26 Å². The van der Waals surface area contributed by atoms with E-state index in [9.17, 15) is 8.42 Å². The van der Waals surface area contributed by atoms with E-state index in [4.69, 9.17) is 11.8 Å². The summed E-state index contributed by atoms with van der Waals surface area (Å²) < 4.78 is 23.6. The Morgan fingerprint density at radius 1 is 1.43 bits per heavy atom. The average molecular weight is 243 g/mol. The second-order valence-corrected chi connectivity index (χ2v) is 6.88. The van der Waals surface area contributed by atoms with E-state index in [1.807, 2.05) is 20.8 Å². The topological polar surface area (TPSA) is 49.4 Å². The molecule has 0 aliphatic carbocycles. The Bertz CT molecular complexity index is 272. The zero-order valence-corrected chi connectivity index (χ0v) is 10.9. The number of halogens is 1. The molecular weight excluding hydrogens is 224 g/mol. The largest absolute Gasteiger partial charge is 0.229 e.